The standard InChI is InChI=1S/C27H25F3N4O2/c1-19(21-7-3-2-4-8-21)34(16-22-9-5-6-10-23(22)27(28,29)30)17-25-33-24(18-36-25)26(35)32-15-20-11-13-31-14-12-20/h2-14,18-19H,15-17H2,1H3,(H,32,35)/t19-/m0/s1. The average Bonchev–Trinajstić information content (AvgIpc) is 3.36. The van der Waals surface area contributed by atoms with E-state index in [0.29, 0.717) is 6.54 Å². The van der Waals surface area contributed by atoms with Crippen LogP contribution in [0.15, 0.2) is 89.8 Å². The van der Waals surface area contributed by atoms with Crippen molar-refractivity contribution in [3.8, 4) is 0 Å². The Labute approximate surface area is 206 Å². The topological polar surface area (TPSA) is 71.3 Å². The highest BCUT2D eigenvalue weighted by molar-refractivity contribution is 5.91. The van der Waals surface area contributed by atoms with Crippen LogP contribution in [0, 0.1) is 0 Å². The van der Waals surface area contributed by atoms with Crippen LogP contribution in [0.4, 0.5) is 13.2 Å². The molecule has 0 spiro atoms. The first-order valence-corrected chi connectivity index (χ1v) is 11.4. The van der Waals surface area contributed by atoms with Crippen LogP contribution in [-0.4, -0.2) is 20.8 Å². The zero-order valence-electron chi connectivity index (χ0n) is 19.6. The molecule has 9 heteroatoms. The van der Waals surface area contributed by atoms with Gasteiger partial charge in [0.15, 0.2) is 5.69 Å². The van der Waals surface area contributed by atoms with Crippen LogP contribution in [0.2, 0.25) is 0 Å². The molecule has 0 bridgehead atoms. The number of alkyl halides is 3. The van der Waals surface area contributed by atoms with Gasteiger partial charge in [0.1, 0.15) is 6.26 Å². The number of carbonyl (C=O) groups excluding carboxylic acids is 1. The summed E-state index contributed by atoms with van der Waals surface area (Å²) in [6.07, 6.45) is 0.0533. The zero-order valence-corrected chi connectivity index (χ0v) is 19.6. The summed E-state index contributed by atoms with van der Waals surface area (Å²) in [5, 5.41) is 2.77. The number of nitrogens with one attached hydrogen (secondary N) is 1. The highest BCUT2D eigenvalue weighted by Gasteiger charge is 2.34. The van der Waals surface area contributed by atoms with Gasteiger partial charge in [-0.15, -0.1) is 0 Å². The molecule has 0 aliphatic rings. The van der Waals surface area contributed by atoms with Crippen LogP contribution in [0.1, 0.15) is 51.6 Å². The Morgan fingerprint density at radius 2 is 1.69 bits per heavy atom. The third kappa shape index (κ3) is 6.37. The lowest BCUT2D eigenvalue weighted by molar-refractivity contribution is -0.138. The minimum atomic E-state index is -4.47. The largest absolute Gasteiger partial charge is 0.447 e. The summed E-state index contributed by atoms with van der Waals surface area (Å²) in [6, 6.07) is 18.3. The molecule has 0 radical (unpaired) electrons. The number of benzene rings is 2. The predicted molar refractivity (Wildman–Crippen MR) is 127 cm³/mol. The van der Waals surface area contributed by atoms with E-state index in [0.717, 1.165) is 17.2 Å². The summed E-state index contributed by atoms with van der Waals surface area (Å²) in [7, 11) is 0. The molecule has 6 nitrogen and oxygen atoms in total. The molecule has 2 aromatic carbocycles. The monoisotopic (exact) mass is 494 g/mol. The van der Waals surface area contributed by atoms with Gasteiger partial charge in [0, 0.05) is 31.5 Å². The van der Waals surface area contributed by atoms with Crippen LogP contribution in [0.3, 0.4) is 0 Å². The Hall–Kier alpha value is -3.98. The van der Waals surface area contributed by atoms with Gasteiger partial charge in [0.05, 0.1) is 12.1 Å². The number of pyridine rings is 1. The number of nitrogens with zero attached hydrogens (tertiary/aromatic N) is 3. The minimum Gasteiger partial charge on any atom is -0.447 e. The van der Waals surface area contributed by atoms with Crippen molar-refractivity contribution in [3.63, 3.8) is 0 Å². The van der Waals surface area contributed by atoms with Gasteiger partial charge >= 0.3 is 6.18 Å². The number of amides is 1. The lowest BCUT2D eigenvalue weighted by Gasteiger charge is -2.29. The molecular weight excluding hydrogens is 469 g/mol. The third-order valence-corrected chi connectivity index (χ3v) is 5.85. The molecular formula is C27H25F3N4O2. The summed E-state index contributed by atoms with van der Waals surface area (Å²) >= 11 is 0. The van der Waals surface area contributed by atoms with Crippen molar-refractivity contribution in [2.45, 2.75) is 38.8 Å². The first-order valence-electron chi connectivity index (χ1n) is 11.4. The number of oxazole rings is 1. The quantitative estimate of drug-likeness (QED) is 0.319. The number of hydrogen-bond acceptors (Lipinski definition) is 5. The van der Waals surface area contributed by atoms with E-state index in [4.69, 9.17) is 4.42 Å². The number of aromatic nitrogens is 2. The molecule has 1 atom stereocenters. The summed E-state index contributed by atoms with van der Waals surface area (Å²) in [5.74, 6) is -0.178. The summed E-state index contributed by atoms with van der Waals surface area (Å²) in [5.41, 5.74) is 1.38. The fourth-order valence-electron chi connectivity index (χ4n) is 3.86. The molecule has 1 N–H and O–H groups in total. The molecule has 0 saturated carbocycles. The van der Waals surface area contributed by atoms with E-state index in [-0.39, 0.29) is 36.3 Å². The Morgan fingerprint density at radius 3 is 2.42 bits per heavy atom. The first-order chi connectivity index (χ1) is 17.3. The van der Waals surface area contributed by atoms with Gasteiger partial charge < -0.3 is 9.73 Å². The van der Waals surface area contributed by atoms with E-state index in [1.165, 1.54) is 18.4 Å². The molecule has 0 fully saturated rings. The van der Waals surface area contributed by atoms with Gasteiger partial charge in [-0.1, -0.05) is 48.5 Å². The fourth-order valence-corrected chi connectivity index (χ4v) is 3.86. The Bertz CT molecular complexity index is 1280. The second-order valence-corrected chi connectivity index (χ2v) is 8.31. The maximum absolute atomic E-state index is 13.6. The Kier molecular flexibility index (Phi) is 7.80. The van der Waals surface area contributed by atoms with Crippen molar-refractivity contribution >= 4 is 5.91 Å². The van der Waals surface area contributed by atoms with E-state index in [1.807, 2.05) is 42.2 Å². The average molecular weight is 495 g/mol. The third-order valence-electron chi connectivity index (χ3n) is 5.85. The lowest BCUT2D eigenvalue weighted by Crippen LogP contribution is -2.28. The van der Waals surface area contributed by atoms with Crippen molar-refractivity contribution in [3.05, 3.63) is 119 Å². The maximum Gasteiger partial charge on any atom is 0.416 e. The second kappa shape index (κ2) is 11.2. The molecule has 4 aromatic rings. The number of halogens is 3. The van der Waals surface area contributed by atoms with Crippen LogP contribution in [0.25, 0.3) is 0 Å². The highest BCUT2D eigenvalue weighted by atomic mass is 19.4. The molecule has 2 heterocycles. The summed E-state index contributed by atoms with van der Waals surface area (Å²) < 4.78 is 46.5. The summed E-state index contributed by atoms with van der Waals surface area (Å²) in [4.78, 5) is 22.6. The van der Waals surface area contributed by atoms with Crippen molar-refractivity contribution < 1.29 is 22.4 Å². The van der Waals surface area contributed by atoms with Gasteiger partial charge in [-0.05, 0) is 41.8 Å². The Morgan fingerprint density at radius 1 is 1.00 bits per heavy atom. The van der Waals surface area contributed by atoms with Crippen molar-refractivity contribution in [2.75, 3.05) is 0 Å². The van der Waals surface area contributed by atoms with Gasteiger partial charge in [0.2, 0.25) is 5.89 Å². The molecule has 186 valence electrons. The fraction of sp³-hybridized carbons (Fsp3) is 0.222. The lowest BCUT2D eigenvalue weighted by atomic mass is 10.0. The molecule has 2 aromatic heterocycles. The molecule has 1 amide bonds. The van der Waals surface area contributed by atoms with E-state index >= 15 is 0 Å². The van der Waals surface area contributed by atoms with E-state index in [1.54, 1.807) is 30.6 Å². The summed E-state index contributed by atoms with van der Waals surface area (Å²) in [6.45, 7) is 2.34. The molecule has 4 rings (SSSR count). The smallest absolute Gasteiger partial charge is 0.416 e. The van der Waals surface area contributed by atoms with Crippen LogP contribution >= 0.6 is 0 Å². The first kappa shape index (κ1) is 25.1. The van der Waals surface area contributed by atoms with Crippen LogP contribution in [0.5, 0.6) is 0 Å². The maximum atomic E-state index is 13.6. The Balaban J connectivity index is 1.53. The SMILES string of the molecule is C[C@@H](c1ccccc1)N(Cc1nc(C(=O)NCc2ccncc2)co1)Cc1ccccc1C(F)(F)F. The second-order valence-electron chi connectivity index (χ2n) is 8.31. The van der Waals surface area contributed by atoms with Crippen molar-refractivity contribution in [1.29, 1.82) is 0 Å². The molecule has 0 unspecified atom stereocenters. The number of carbonyl (C=O) groups is 1. The van der Waals surface area contributed by atoms with E-state index in [9.17, 15) is 18.0 Å². The van der Waals surface area contributed by atoms with Crippen LogP contribution < -0.4 is 5.32 Å². The van der Waals surface area contributed by atoms with Gasteiger partial charge in [0.25, 0.3) is 5.91 Å². The van der Waals surface area contributed by atoms with Crippen LogP contribution in [-0.2, 0) is 25.8 Å². The molecule has 0 aliphatic carbocycles. The molecule has 0 saturated heterocycles. The zero-order chi connectivity index (χ0) is 25.5. The molecule has 36 heavy (non-hydrogen) atoms. The van der Waals surface area contributed by atoms with E-state index in [2.05, 4.69) is 15.3 Å². The van der Waals surface area contributed by atoms with Gasteiger partial charge in [-0.25, -0.2) is 4.98 Å². The number of hydrogen-bond donors (Lipinski definition) is 1. The van der Waals surface area contributed by atoms with E-state index < -0.39 is 17.6 Å². The van der Waals surface area contributed by atoms with Crippen molar-refractivity contribution in [1.82, 2.24) is 20.2 Å². The van der Waals surface area contributed by atoms with Gasteiger partial charge in [-0.2, -0.15) is 13.2 Å². The normalized spacial score (nSPS) is 12.5. The highest BCUT2D eigenvalue weighted by Crippen LogP contribution is 2.34. The minimum absolute atomic E-state index is 0.0116. The molecule has 0 aliphatic heterocycles. The van der Waals surface area contributed by atoms with Gasteiger partial charge in [-0.3, -0.25) is 14.7 Å². The predicted octanol–water partition coefficient (Wildman–Crippen LogP) is 5.78. The van der Waals surface area contributed by atoms with Crippen molar-refractivity contribution in [2.24, 2.45) is 0 Å². The number of rotatable bonds is 9.